The van der Waals surface area contributed by atoms with Crippen molar-refractivity contribution in [3.63, 3.8) is 0 Å². The number of aromatic nitrogens is 2. The average Bonchev–Trinajstić information content (AvgIpc) is 2.94. The predicted molar refractivity (Wildman–Crippen MR) is 151 cm³/mol. The lowest BCUT2D eigenvalue weighted by molar-refractivity contribution is -0.274. The van der Waals surface area contributed by atoms with E-state index in [1.54, 1.807) is 12.1 Å². The minimum Gasteiger partial charge on any atom is -0.405 e. The Morgan fingerprint density at radius 1 is 1.10 bits per heavy atom. The van der Waals surface area contributed by atoms with Gasteiger partial charge >= 0.3 is 6.36 Å². The topological polar surface area (TPSA) is 106 Å². The molecule has 5 aliphatic carbocycles. The number of nitriles is 1. The molecule has 1 aromatic carbocycles. The summed E-state index contributed by atoms with van der Waals surface area (Å²) in [5.74, 6) is 2.44. The number of aliphatic hydroxyl groups is 1. The third kappa shape index (κ3) is 6.16. The molecule has 42 heavy (non-hydrogen) atoms. The van der Waals surface area contributed by atoms with E-state index in [1.807, 2.05) is 0 Å². The van der Waals surface area contributed by atoms with E-state index >= 15 is 0 Å². The Bertz CT molecular complexity index is 1290. The second-order valence-electron chi connectivity index (χ2n) is 13.0. The Labute approximate surface area is 244 Å². The molecule has 5 saturated carbocycles. The van der Waals surface area contributed by atoms with Gasteiger partial charge in [0.15, 0.2) is 0 Å². The molecule has 0 amide bonds. The van der Waals surface area contributed by atoms with Gasteiger partial charge in [-0.3, -0.25) is 4.90 Å². The van der Waals surface area contributed by atoms with Gasteiger partial charge in [0.25, 0.3) is 0 Å². The van der Waals surface area contributed by atoms with Crippen molar-refractivity contribution in [2.75, 3.05) is 24.2 Å². The first kappa shape index (κ1) is 29.0. The fourth-order valence-corrected chi connectivity index (χ4v) is 8.76. The van der Waals surface area contributed by atoms with Crippen molar-refractivity contribution in [2.24, 2.45) is 23.2 Å². The molecule has 226 valence electrons. The molecule has 1 unspecified atom stereocenters. The van der Waals surface area contributed by atoms with Gasteiger partial charge in [-0.25, -0.2) is 4.98 Å². The second-order valence-corrected chi connectivity index (χ2v) is 13.0. The van der Waals surface area contributed by atoms with Crippen molar-refractivity contribution in [2.45, 2.75) is 88.9 Å². The standard InChI is InChI=1S/C31H39F3N6O2/c1-40(24-6-8-25(41)9-7-24)27-21-10-19-11-22(27)14-30(12-19,13-21)18-38-28-23(15-35)17-37-29(39-28)36-16-20-4-2-3-5-26(20)42-31(32,33)34/h2-5,17,19,21-22,24-25,27,41H,6-14,16,18H2,1H3,(H2,36,37,38,39)/t19?,21-,22+,24?,25?,27-,30+. The fraction of sp³-hybridized carbons (Fsp3) is 0.645. The van der Waals surface area contributed by atoms with Gasteiger partial charge in [-0.1, -0.05) is 18.2 Å². The Balaban J connectivity index is 1.11. The molecular weight excluding hydrogens is 545 g/mol. The molecule has 3 N–H and O–H groups in total. The highest BCUT2D eigenvalue weighted by atomic mass is 19.4. The van der Waals surface area contributed by atoms with E-state index < -0.39 is 6.36 Å². The number of ether oxygens (including phenoxy) is 1. The number of anilines is 2. The second kappa shape index (κ2) is 11.5. The fourth-order valence-electron chi connectivity index (χ4n) is 8.76. The number of hydrogen-bond donors (Lipinski definition) is 3. The van der Waals surface area contributed by atoms with E-state index in [-0.39, 0.29) is 29.8 Å². The van der Waals surface area contributed by atoms with E-state index in [0.29, 0.717) is 40.9 Å². The lowest BCUT2D eigenvalue weighted by Gasteiger charge is -2.62. The summed E-state index contributed by atoms with van der Waals surface area (Å²) < 4.78 is 42.6. The van der Waals surface area contributed by atoms with Crippen LogP contribution in [-0.4, -0.2) is 58.1 Å². The number of alkyl halides is 3. The largest absolute Gasteiger partial charge is 0.573 e. The van der Waals surface area contributed by atoms with E-state index in [1.165, 1.54) is 37.6 Å². The molecular formula is C31H39F3N6O2. The molecule has 4 bridgehead atoms. The summed E-state index contributed by atoms with van der Waals surface area (Å²) in [6.45, 7) is 0.761. The van der Waals surface area contributed by atoms with E-state index in [2.05, 4.69) is 43.4 Å². The van der Waals surface area contributed by atoms with Gasteiger partial charge in [0.05, 0.1) is 12.3 Å². The number of nitrogens with zero attached hydrogens (tertiary/aromatic N) is 4. The van der Waals surface area contributed by atoms with Crippen LogP contribution < -0.4 is 15.4 Å². The van der Waals surface area contributed by atoms with E-state index in [9.17, 15) is 23.5 Å². The molecule has 2 aromatic rings. The van der Waals surface area contributed by atoms with Crippen molar-refractivity contribution in [3.8, 4) is 11.8 Å². The van der Waals surface area contributed by atoms with Crippen molar-refractivity contribution in [3.05, 3.63) is 41.6 Å². The molecule has 7 rings (SSSR count). The summed E-state index contributed by atoms with van der Waals surface area (Å²) in [7, 11) is 2.31. The molecule has 5 aliphatic rings. The van der Waals surface area contributed by atoms with Crippen molar-refractivity contribution in [1.29, 1.82) is 5.26 Å². The van der Waals surface area contributed by atoms with Gasteiger partial charge < -0.3 is 20.5 Å². The van der Waals surface area contributed by atoms with E-state index in [4.69, 9.17) is 0 Å². The van der Waals surface area contributed by atoms with Crippen LogP contribution in [0, 0.1) is 34.5 Å². The molecule has 0 spiro atoms. The highest BCUT2D eigenvalue weighted by Gasteiger charge is 2.56. The maximum absolute atomic E-state index is 12.8. The Hall–Kier alpha value is -3.10. The van der Waals surface area contributed by atoms with Crippen LogP contribution >= 0.6 is 0 Å². The number of nitrogens with one attached hydrogen (secondary N) is 2. The summed E-state index contributed by atoms with van der Waals surface area (Å²) in [6.07, 6.45) is 6.54. The molecule has 1 aromatic heterocycles. The lowest BCUT2D eigenvalue weighted by atomic mass is 9.47. The number of rotatable bonds is 9. The number of hydrogen-bond acceptors (Lipinski definition) is 8. The van der Waals surface area contributed by atoms with Crippen molar-refractivity contribution in [1.82, 2.24) is 14.9 Å². The first-order valence-corrected chi connectivity index (χ1v) is 15.1. The minimum absolute atomic E-state index is 0.0292. The van der Waals surface area contributed by atoms with Crippen LogP contribution in [0.4, 0.5) is 24.9 Å². The minimum atomic E-state index is -4.79. The van der Waals surface area contributed by atoms with Gasteiger partial charge in [-0.05, 0) is 94.1 Å². The summed E-state index contributed by atoms with van der Waals surface area (Å²) in [5, 5.41) is 26.2. The van der Waals surface area contributed by atoms with E-state index in [0.717, 1.165) is 51.0 Å². The quantitative estimate of drug-likeness (QED) is 0.345. The van der Waals surface area contributed by atoms with Gasteiger partial charge in [-0.15, -0.1) is 13.2 Å². The number of halogens is 3. The zero-order chi connectivity index (χ0) is 29.5. The predicted octanol–water partition coefficient (Wildman–Crippen LogP) is 5.70. The molecule has 8 nitrogen and oxygen atoms in total. The number of aliphatic hydroxyl groups excluding tert-OH is 1. The highest BCUT2D eigenvalue weighted by molar-refractivity contribution is 5.53. The summed E-state index contributed by atoms with van der Waals surface area (Å²) in [6, 6.07) is 9.26. The zero-order valence-electron chi connectivity index (χ0n) is 23.9. The monoisotopic (exact) mass is 584 g/mol. The van der Waals surface area contributed by atoms with Crippen LogP contribution in [-0.2, 0) is 6.54 Å². The van der Waals surface area contributed by atoms with Crippen LogP contribution in [0.15, 0.2) is 30.5 Å². The molecule has 1 heterocycles. The molecule has 0 radical (unpaired) electrons. The lowest BCUT2D eigenvalue weighted by Crippen LogP contribution is -2.61. The molecule has 5 atom stereocenters. The Kier molecular flexibility index (Phi) is 7.96. The first-order chi connectivity index (χ1) is 20.1. The van der Waals surface area contributed by atoms with Crippen LogP contribution in [0.5, 0.6) is 5.75 Å². The molecule has 11 heteroatoms. The average molecular weight is 585 g/mol. The van der Waals surface area contributed by atoms with Crippen molar-refractivity contribution < 1.29 is 23.0 Å². The van der Waals surface area contributed by atoms with Gasteiger partial charge in [-0.2, -0.15) is 10.2 Å². The van der Waals surface area contributed by atoms with Crippen LogP contribution in [0.25, 0.3) is 0 Å². The van der Waals surface area contributed by atoms with Crippen LogP contribution in [0.2, 0.25) is 0 Å². The van der Waals surface area contributed by atoms with Gasteiger partial charge in [0.1, 0.15) is 23.2 Å². The third-order valence-electron chi connectivity index (χ3n) is 10.2. The maximum Gasteiger partial charge on any atom is 0.573 e. The Morgan fingerprint density at radius 2 is 1.81 bits per heavy atom. The normalized spacial score (nSPS) is 32.0. The Morgan fingerprint density at radius 3 is 2.50 bits per heavy atom. The summed E-state index contributed by atoms with van der Waals surface area (Å²) in [5.41, 5.74) is 0.813. The molecule has 5 fully saturated rings. The summed E-state index contributed by atoms with van der Waals surface area (Å²) >= 11 is 0. The highest BCUT2D eigenvalue weighted by Crippen LogP contribution is 2.61. The SMILES string of the molecule is CN(C1CCC(O)CC1)[C@@H]1[C@@H]2CC3C[C@H]1C[C@](CNc1nc(NCc4ccccc4OC(F)(F)F)ncc1C#N)(C3)C2. The van der Waals surface area contributed by atoms with Gasteiger partial charge in [0, 0.05) is 30.7 Å². The summed E-state index contributed by atoms with van der Waals surface area (Å²) in [4.78, 5) is 11.4. The number of benzene rings is 1. The van der Waals surface area contributed by atoms with Crippen LogP contribution in [0.3, 0.4) is 0 Å². The third-order valence-corrected chi connectivity index (χ3v) is 10.2. The van der Waals surface area contributed by atoms with Crippen molar-refractivity contribution >= 4 is 11.8 Å². The smallest absolute Gasteiger partial charge is 0.405 e. The first-order valence-electron chi connectivity index (χ1n) is 15.1. The maximum atomic E-state index is 12.8. The zero-order valence-corrected chi connectivity index (χ0v) is 23.9. The molecule has 0 saturated heterocycles. The van der Waals surface area contributed by atoms with Crippen LogP contribution in [0.1, 0.15) is 68.9 Å². The van der Waals surface area contributed by atoms with Gasteiger partial charge in [0.2, 0.25) is 5.95 Å². The number of para-hydroxylation sites is 1. The molecule has 0 aliphatic heterocycles.